The normalized spacial score (nSPS) is 29.5. The third-order valence-corrected chi connectivity index (χ3v) is 14.4. The topological polar surface area (TPSA) is 185 Å². The van der Waals surface area contributed by atoms with Crippen LogP contribution in [0.15, 0.2) is 42.5 Å². The number of carbonyl (C=O) groups is 4. The number of hydrogen-bond acceptors (Lipinski definition) is 9. The fraction of sp³-hybridized carbons (Fsp3) is 0.625. The Morgan fingerprint density at radius 3 is 2.47 bits per heavy atom. The number of amides is 4. The molecule has 1 aromatic carbocycles. The fourth-order valence-electron chi connectivity index (χ4n) is 8.20. The van der Waals surface area contributed by atoms with Crippen LogP contribution in [0.3, 0.4) is 0 Å². The summed E-state index contributed by atoms with van der Waals surface area (Å²) in [5.41, 5.74) is -4.75. The molecule has 0 bridgehead atoms. The number of alkyl halides is 3. The van der Waals surface area contributed by atoms with Crippen molar-refractivity contribution in [3.8, 4) is 11.8 Å². The molecule has 2 aromatic rings. The Hall–Kier alpha value is -4.61. The predicted molar refractivity (Wildman–Crippen MR) is 206 cm³/mol. The molecule has 0 spiro atoms. The van der Waals surface area contributed by atoms with Crippen LogP contribution >= 0.6 is 0 Å². The first kappa shape index (κ1) is 43.0. The molecule has 18 heteroatoms. The van der Waals surface area contributed by atoms with E-state index in [9.17, 15) is 41.1 Å². The van der Waals surface area contributed by atoms with Crippen LogP contribution in [0.25, 0.3) is 10.8 Å². The summed E-state index contributed by atoms with van der Waals surface area (Å²) in [5.74, 6) is -4.27. The summed E-state index contributed by atoms with van der Waals surface area (Å²) in [6.07, 6.45) is -2.85. The van der Waals surface area contributed by atoms with Crippen molar-refractivity contribution >= 4 is 44.6 Å². The van der Waals surface area contributed by atoms with E-state index >= 15 is 4.79 Å². The van der Waals surface area contributed by atoms with E-state index in [2.05, 4.69) is 15.0 Å². The summed E-state index contributed by atoms with van der Waals surface area (Å²) in [6, 6.07) is 5.46. The van der Waals surface area contributed by atoms with Crippen LogP contribution in [0.5, 0.6) is 11.8 Å². The van der Waals surface area contributed by atoms with Crippen molar-refractivity contribution in [3.05, 3.63) is 42.5 Å². The Balaban J connectivity index is 1.43. The van der Waals surface area contributed by atoms with Gasteiger partial charge in [0.15, 0.2) is 0 Å². The van der Waals surface area contributed by atoms with Crippen LogP contribution in [-0.2, 0) is 24.4 Å². The Morgan fingerprint density at radius 1 is 1.14 bits per heavy atom. The maximum absolute atomic E-state index is 15.0. The third-order valence-electron chi connectivity index (χ3n) is 12.2. The Morgan fingerprint density at radius 2 is 1.83 bits per heavy atom. The number of hydrogen-bond donors (Lipinski definition) is 3. The maximum Gasteiger partial charge on any atom is 0.411 e. The highest BCUT2D eigenvalue weighted by Gasteiger charge is 2.64. The Bertz CT molecular complexity index is 2090. The highest BCUT2D eigenvalue weighted by Crippen LogP contribution is 2.48. The number of carbonyl (C=O) groups excluding carboxylic acids is 3. The van der Waals surface area contributed by atoms with Crippen LogP contribution in [0.2, 0.25) is 0 Å². The summed E-state index contributed by atoms with van der Waals surface area (Å²) in [5, 5.41) is 14.5. The number of ether oxygens (including phenoxy) is 2. The van der Waals surface area contributed by atoms with Gasteiger partial charge in [-0.3, -0.25) is 24.0 Å². The second-order valence-electron chi connectivity index (χ2n) is 17.0. The summed E-state index contributed by atoms with van der Waals surface area (Å²) in [4.78, 5) is 62.2. The first-order valence-electron chi connectivity index (χ1n) is 19.7. The molecule has 3 heterocycles. The van der Waals surface area contributed by atoms with Gasteiger partial charge in [0.25, 0.3) is 5.91 Å². The highest BCUT2D eigenvalue weighted by atomic mass is 32.2. The molecule has 7 atom stereocenters. The van der Waals surface area contributed by atoms with Crippen molar-refractivity contribution in [2.75, 3.05) is 13.2 Å². The molecule has 2 saturated carbocycles. The lowest BCUT2D eigenvalue weighted by Crippen LogP contribution is -2.66. The lowest BCUT2D eigenvalue weighted by atomic mass is 9.85. The molecule has 3 N–H and O–H groups in total. The quantitative estimate of drug-likeness (QED) is 0.271. The number of fused-ring (bicyclic) bond motifs is 3. The van der Waals surface area contributed by atoms with Gasteiger partial charge in [-0.2, -0.15) is 18.2 Å². The average molecular weight is 836 g/mol. The second-order valence-corrected chi connectivity index (χ2v) is 19.2. The minimum absolute atomic E-state index is 0.0514. The minimum atomic E-state index is -5.09. The first-order chi connectivity index (χ1) is 27.0. The van der Waals surface area contributed by atoms with Gasteiger partial charge in [0.2, 0.25) is 33.6 Å². The van der Waals surface area contributed by atoms with Gasteiger partial charge in [-0.1, -0.05) is 44.2 Å². The smallest absolute Gasteiger partial charge is 0.411 e. The molecule has 14 nitrogen and oxygen atoms in total. The maximum atomic E-state index is 15.0. The van der Waals surface area contributed by atoms with Crippen molar-refractivity contribution < 1.29 is 55.3 Å². The number of benzene rings is 1. The van der Waals surface area contributed by atoms with Gasteiger partial charge in [0.1, 0.15) is 29.3 Å². The van der Waals surface area contributed by atoms with Crippen molar-refractivity contribution in [1.82, 2.24) is 24.8 Å². The molecule has 4 aliphatic rings. The van der Waals surface area contributed by atoms with E-state index in [-0.39, 0.29) is 55.0 Å². The van der Waals surface area contributed by atoms with Gasteiger partial charge < -0.3 is 24.8 Å². The average Bonchev–Trinajstić information content (AvgIpc) is 4.01. The van der Waals surface area contributed by atoms with Crippen LogP contribution in [-0.4, -0.2) is 105 Å². The molecule has 0 radical (unpaired) electrons. The number of aromatic nitrogens is 1. The molecule has 1 aromatic heterocycles. The molecule has 2 aliphatic heterocycles. The molecule has 1 saturated heterocycles. The standard InChI is InChI=1S/C40H52F3N5O9S/c1-7-56-30-19-25-13-9-11-15-28(25)33(44-30)57-27-20-29-32(49)45-39(35(51)46-58(54,55)38(6)16-17-38)21-26(39)14-10-8-12-23(2)18-24(3)31(34(50)47(29)22-27)48(36(52)53)37(4,5)40(41,42)43/h9-11,13-15,19,23-24,26-27,29,31H,7-8,12,16-18,20-22H2,1-6H3,(H,45,49)(H,46,51)(H,52,53)/b14-10-/t23-,24-,26-,27-,29+,31+,39-/m1/s1. The van der Waals surface area contributed by atoms with Gasteiger partial charge in [-0.15, -0.1) is 0 Å². The fourth-order valence-corrected chi connectivity index (χ4v) is 9.51. The van der Waals surface area contributed by atoms with Gasteiger partial charge in [0, 0.05) is 23.8 Å². The number of pyridine rings is 1. The van der Waals surface area contributed by atoms with Crippen molar-refractivity contribution in [3.63, 3.8) is 0 Å². The zero-order valence-electron chi connectivity index (χ0n) is 33.5. The van der Waals surface area contributed by atoms with E-state index < -0.39 is 85.9 Å². The van der Waals surface area contributed by atoms with Gasteiger partial charge in [0.05, 0.1) is 17.9 Å². The number of allylic oxidation sites excluding steroid dienone is 1. The molecule has 318 valence electrons. The molecular weight excluding hydrogens is 784 g/mol. The van der Waals surface area contributed by atoms with E-state index in [1.165, 1.54) is 13.8 Å². The van der Waals surface area contributed by atoms with Gasteiger partial charge in [-0.25, -0.2) is 13.2 Å². The molecule has 0 unspecified atom stereocenters. The highest BCUT2D eigenvalue weighted by molar-refractivity contribution is 7.91. The molecule has 6 rings (SSSR count). The minimum Gasteiger partial charge on any atom is -0.478 e. The van der Waals surface area contributed by atoms with Crippen LogP contribution in [0.1, 0.15) is 86.5 Å². The van der Waals surface area contributed by atoms with E-state index in [0.717, 1.165) is 4.90 Å². The summed E-state index contributed by atoms with van der Waals surface area (Å²) >= 11 is 0. The monoisotopic (exact) mass is 835 g/mol. The number of sulfonamides is 1. The molecule has 58 heavy (non-hydrogen) atoms. The van der Waals surface area contributed by atoms with Crippen molar-refractivity contribution in [1.29, 1.82) is 0 Å². The number of halogens is 3. The third kappa shape index (κ3) is 8.17. The van der Waals surface area contributed by atoms with Crippen LogP contribution < -0.4 is 19.5 Å². The second kappa shape index (κ2) is 15.5. The van der Waals surface area contributed by atoms with E-state index in [4.69, 9.17) is 9.47 Å². The zero-order chi connectivity index (χ0) is 42.6. The van der Waals surface area contributed by atoms with Gasteiger partial charge >= 0.3 is 12.3 Å². The number of nitrogens with one attached hydrogen (secondary N) is 2. The number of carboxylic acid groups (broad SMARTS) is 1. The first-order valence-corrected chi connectivity index (χ1v) is 21.2. The molecule has 4 amide bonds. The van der Waals surface area contributed by atoms with E-state index in [1.54, 1.807) is 37.3 Å². The lowest BCUT2D eigenvalue weighted by Gasteiger charge is -2.45. The largest absolute Gasteiger partial charge is 0.478 e. The van der Waals surface area contributed by atoms with Crippen molar-refractivity contribution in [2.45, 2.75) is 127 Å². The molecular formula is C40H52F3N5O9S. The summed E-state index contributed by atoms with van der Waals surface area (Å²) in [7, 11) is -4.12. The SMILES string of the molecule is CCOc1cc2ccccc2c(O[C@@H]2C[C@H]3C(=O)N[C@]4(C(=O)NS(=O)(=O)C5(C)CC5)C[C@H]4/C=C\CC[C@@H](C)C[C@@H](C)[C@H](N(C(=O)O)C(C)(C)C(F)(F)F)C(=O)N3C2)n1. The molecule has 3 fully saturated rings. The number of rotatable bonds is 9. The number of nitrogens with zero attached hydrogens (tertiary/aromatic N) is 3. The lowest BCUT2D eigenvalue weighted by molar-refractivity contribution is -0.222. The predicted octanol–water partition coefficient (Wildman–Crippen LogP) is 5.56. The van der Waals surface area contributed by atoms with Crippen LogP contribution in [0.4, 0.5) is 18.0 Å². The zero-order valence-corrected chi connectivity index (χ0v) is 34.3. The Kier molecular flexibility index (Phi) is 11.5. The van der Waals surface area contributed by atoms with Crippen LogP contribution in [0, 0.1) is 17.8 Å². The van der Waals surface area contributed by atoms with E-state index in [1.807, 2.05) is 19.1 Å². The van der Waals surface area contributed by atoms with Gasteiger partial charge in [-0.05, 0) is 89.5 Å². The molecule has 2 aliphatic carbocycles. The summed E-state index contributed by atoms with van der Waals surface area (Å²) in [6.45, 7) is 7.98. The summed E-state index contributed by atoms with van der Waals surface area (Å²) < 4.78 is 83.6. The Labute approximate surface area is 335 Å². The van der Waals surface area contributed by atoms with E-state index in [0.29, 0.717) is 50.3 Å². The van der Waals surface area contributed by atoms with Crippen molar-refractivity contribution in [2.24, 2.45) is 17.8 Å².